The number of aliphatic imine (C=N–C) groups is 1. The van der Waals surface area contributed by atoms with E-state index in [4.69, 9.17) is 4.74 Å². The van der Waals surface area contributed by atoms with Gasteiger partial charge in [0.25, 0.3) is 0 Å². The topological polar surface area (TPSA) is 61.8 Å². The van der Waals surface area contributed by atoms with Crippen LogP contribution in [0.25, 0.3) is 0 Å². The molecule has 3 rings (SSSR count). The van der Waals surface area contributed by atoms with Crippen LogP contribution in [0.1, 0.15) is 43.3 Å². The van der Waals surface area contributed by atoms with Crippen molar-refractivity contribution < 1.29 is 4.74 Å². The summed E-state index contributed by atoms with van der Waals surface area (Å²) in [6.45, 7) is 10.2. The molecule has 26 heavy (non-hydrogen) atoms. The third-order valence-corrected chi connectivity index (χ3v) is 6.29. The van der Waals surface area contributed by atoms with Crippen LogP contribution in [0.3, 0.4) is 0 Å². The van der Waals surface area contributed by atoms with E-state index < -0.39 is 0 Å². The highest BCUT2D eigenvalue weighted by atomic mass is 32.1. The number of nitrogens with one attached hydrogen (secondary N) is 2. The number of guanidine groups is 1. The van der Waals surface area contributed by atoms with Gasteiger partial charge in [0.15, 0.2) is 5.96 Å². The molecular weight excluding hydrogens is 346 g/mol. The van der Waals surface area contributed by atoms with E-state index in [2.05, 4.69) is 44.7 Å². The lowest BCUT2D eigenvalue weighted by atomic mass is 9.97. The molecule has 1 aromatic rings. The lowest BCUT2D eigenvalue weighted by Gasteiger charge is -2.32. The van der Waals surface area contributed by atoms with Gasteiger partial charge in [0.1, 0.15) is 0 Å². The number of hydrogen-bond acceptors (Lipinski definition) is 5. The molecule has 0 saturated carbocycles. The summed E-state index contributed by atoms with van der Waals surface area (Å²) in [6.07, 6.45) is 4.74. The fourth-order valence-corrected chi connectivity index (χ4v) is 4.37. The molecule has 2 N–H and O–H groups in total. The molecule has 0 radical (unpaired) electrons. The van der Waals surface area contributed by atoms with E-state index in [0.29, 0.717) is 5.92 Å². The number of piperidine rings is 1. The van der Waals surface area contributed by atoms with E-state index in [0.717, 1.165) is 63.1 Å². The van der Waals surface area contributed by atoms with Gasteiger partial charge in [0.05, 0.1) is 16.3 Å². The average molecular weight is 380 g/mol. The summed E-state index contributed by atoms with van der Waals surface area (Å²) in [5, 5.41) is 10.3. The van der Waals surface area contributed by atoms with Crippen LogP contribution < -0.4 is 10.6 Å². The fourth-order valence-electron chi connectivity index (χ4n) is 3.77. The SMILES string of the molecule is CN=C(NCC1CCN(Cc2csc(C)n2)CC1)NCC1(C)CCCO1. The molecule has 0 bridgehead atoms. The number of rotatable bonds is 6. The molecule has 2 aliphatic rings. The van der Waals surface area contributed by atoms with Crippen LogP contribution in [-0.4, -0.2) is 61.3 Å². The highest BCUT2D eigenvalue weighted by molar-refractivity contribution is 7.09. The van der Waals surface area contributed by atoms with Crippen molar-refractivity contribution in [2.24, 2.45) is 10.9 Å². The second-order valence-corrected chi connectivity index (χ2v) is 8.85. The van der Waals surface area contributed by atoms with E-state index in [1.165, 1.54) is 18.5 Å². The molecule has 0 amide bonds. The first-order chi connectivity index (χ1) is 12.6. The summed E-state index contributed by atoms with van der Waals surface area (Å²) < 4.78 is 5.84. The van der Waals surface area contributed by atoms with Crippen LogP contribution in [-0.2, 0) is 11.3 Å². The standard InChI is InChI=1S/C19H33N5OS/c1-15-23-17(13-26-15)12-24-8-5-16(6-9-24)11-21-18(20-3)22-14-19(2)7-4-10-25-19/h13,16H,4-12,14H2,1-3H3,(H2,20,21,22). The second kappa shape index (κ2) is 9.15. The van der Waals surface area contributed by atoms with Crippen LogP contribution >= 0.6 is 11.3 Å². The molecule has 0 aliphatic carbocycles. The quantitative estimate of drug-likeness (QED) is 0.587. The first-order valence-electron chi connectivity index (χ1n) is 9.78. The summed E-state index contributed by atoms with van der Waals surface area (Å²) in [4.78, 5) is 11.5. The lowest BCUT2D eigenvalue weighted by molar-refractivity contribution is 0.0242. The molecule has 7 heteroatoms. The van der Waals surface area contributed by atoms with Crippen LogP contribution in [0.15, 0.2) is 10.4 Å². The zero-order chi connectivity index (χ0) is 18.4. The minimum absolute atomic E-state index is 0.0446. The van der Waals surface area contributed by atoms with Crippen molar-refractivity contribution in [1.82, 2.24) is 20.5 Å². The van der Waals surface area contributed by atoms with Crippen molar-refractivity contribution in [3.63, 3.8) is 0 Å². The number of aromatic nitrogens is 1. The van der Waals surface area contributed by atoms with Gasteiger partial charge >= 0.3 is 0 Å². The highest BCUT2D eigenvalue weighted by Crippen LogP contribution is 2.24. The zero-order valence-corrected chi connectivity index (χ0v) is 17.2. The maximum atomic E-state index is 5.84. The van der Waals surface area contributed by atoms with E-state index in [1.54, 1.807) is 11.3 Å². The maximum absolute atomic E-state index is 5.84. The monoisotopic (exact) mass is 379 g/mol. The predicted molar refractivity (Wildman–Crippen MR) is 108 cm³/mol. The Balaban J connectivity index is 1.34. The van der Waals surface area contributed by atoms with Crippen molar-refractivity contribution in [1.29, 1.82) is 0 Å². The molecule has 6 nitrogen and oxygen atoms in total. The molecule has 3 heterocycles. The highest BCUT2D eigenvalue weighted by Gasteiger charge is 2.29. The first-order valence-corrected chi connectivity index (χ1v) is 10.7. The molecule has 1 atom stereocenters. The minimum Gasteiger partial charge on any atom is -0.373 e. The molecule has 146 valence electrons. The van der Waals surface area contributed by atoms with Gasteiger partial charge in [0.2, 0.25) is 0 Å². The summed E-state index contributed by atoms with van der Waals surface area (Å²) in [5.74, 6) is 1.60. The van der Waals surface area contributed by atoms with Gasteiger partial charge in [-0.15, -0.1) is 11.3 Å². The Bertz CT molecular complexity index is 589. The lowest BCUT2D eigenvalue weighted by Crippen LogP contribution is -2.47. The van der Waals surface area contributed by atoms with Crippen molar-refractivity contribution >= 4 is 17.3 Å². The molecule has 0 spiro atoms. The number of hydrogen-bond donors (Lipinski definition) is 2. The van der Waals surface area contributed by atoms with Crippen molar-refractivity contribution in [3.05, 3.63) is 16.1 Å². The molecule has 2 fully saturated rings. The van der Waals surface area contributed by atoms with Crippen LogP contribution in [0.5, 0.6) is 0 Å². The summed E-state index contributed by atoms with van der Waals surface area (Å²) in [7, 11) is 1.84. The van der Waals surface area contributed by atoms with Crippen molar-refractivity contribution in [2.75, 3.05) is 39.8 Å². The summed E-state index contributed by atoms with van der Waals surface area (Å²) in [5.41, 5.74) is 1.17. The second-order valence-electron chi connectivity index (χ2n) is 7.79. The van der Waals surface area contributed by atoms with Gasteiger partial charge in [-0.2, -0.15) is 0 Å². The van der Waals surface area contributed by atoms with Crippen LogP contribution in [0.2, 0.25) is 0 Å². The van der Waals surface area contributed by atoms with E-state index in [1.807, 2.05) is 7.05 Å². The zero-order valence-electron chi connectivity index (χ0n) is 16.4. The number of ether oxygens (including phenoxy) is 1. The number of thiazole rings is 1. The molecular formula is C19H33N5OS. The minimum atomic E-state index is -0.0446. The third-order valence-electron chi connectivity index (χ3n) is 5.47. The van der Waals surface area contributed by atoms with Gasteiger partial charge < -0.3 is 15.4 Å². The third kappa shape index (κ3) is 5.66. The molecule has 0 aromatic carbocycles. The summed E-state index contributed by atoms with van der Waals surface area (Å²) in [6, 6.07) is 0. The van der Waals surface area contributed by atoms with Crippen molar-refractivity contribution in [3.8, 4) is 0 Å². The summed E-state index contributed by atoms with van der Waals surface area (Å²) >= 11 is 1.74. The van der Waals surface area contributed by atoms with E-state index in [-0.39, 0.29) is 5.60 Å². The Kier molecular flexibility index (Phi) is 6.89. The smallest absolute Gasteiger partial charge is 0.191 e. The fraction of sp³-hybridized carbons (Fsp3) is 0.789. The first kappa shape index (κ1) is 19.6. The molecule has 2 saturated heterocycles. The predicted octanol–water partition coefficient (Wildman–Crippen LogP) is 2.40. The Morgan fingerprint density at radius 2 is 2.23 bits per heavy atom. The Hall–Kier alpha value is -1.18. The van der Waals surface area contributed by atoms with E-state index >= 15 is 0 Å². The largest absolute Gasteiger partial charge is 0.373 e. The van der Waals surface area contributed by atoms with Gasteiger partial charge in [-0.25, -0.2) is 4.98 Å². The average Bonchev–Trinajstić information content (AvgIpc) is 3.25. The Morgan fingerprint density at radius 3 is 2.85 bits per heavy atom. The van der Waals surface area contributed by atoms with E-state index in [9.17, 15) is 0 Å². The van der Waals surface area contributed by atoms with Crippen LogP contribution in [0, 0.1) is 12.8 Å². The van der Waals surface area contributed by atoms with Gasteiger partial charge in [-0.3, -0.25) is 9.89 Å². The molecule has 1 unspecified atom stereocenters. The Labute approximate surface area is 161 Å². The van der Waals surface area contributed by atoms with Gasteiger partial charge in [-0.05, 0) is 58.5 Å². The van der Waals surface area contributed by atoms with Gasteiger partial charge in [-0.1, -0.05) is 0 Å². The van der Waals surface area contributed by atoms with Crippen LogP contribution in [0.4, 0.5) is 0 Å². The number of likely N-dealkylation sites (tertiary alicyclic amines) is 1. The maximum Gasteiger partial charge on any atom is 0.191 e. The molecule has 1 aromatic heterocycles. The molecule has 2 aliphatic heterocycles. The van der Waals surface area contributed by atoms with Gasteiger partial charge in [0, 0.05) is 38.7 Å². The van der Waals surface area contributed by atoms with Crippen molar-refractivity contribution in [2.45, 2.75) is 51.7 Å². The number of nitrogens with zero attached hydrogens (tertiary/aromatic N) is 3. The normalized spacial score (nSPS) is 25.6. The number of aryl methyl sites for hydroxylation is 1. The Morgan fingerprint density at radius 1 is 1.42 bits per heavy atom.